The van der Waals surface area contributed by atoms with Crippen molar-refractivity contribution < 1.29 is 14.4 Å². The molecule has 1 N–H and O–H groups in total. The second-order valence-electron chi connectivity index (χ2n) is 3.57. The van der Waals surface area contributed by atoms with E-state index in [-0.39, 0.29) is 12.1 Å². The zero-order valence-corrected chi connectivity index (χ0v) is 9.02. The highest BCUT2D eigenvalue weighted by molar-refractivity contribution is 6.00. The minimum Gasteiger partial charge on any atom is -0.478 e. The summed E-state index contributed by atoms with van der Waals surface area (Å²) < 4.78 is 6.14. The molecular weight excluding hydrogens is 238 g/mol. The van der Waals surface area contributed by atoms with E-state index >= 15 is 0 Å². The summed E-state index contributed by atoms with van der Waals surface area (Å²) in [7, 11) is 0. The Balaban J connectivity index is 2.09. The standard InChI is InChI=1S/C10H7N5O3/c16-10(17)6-2-1-3-7-9(6)12-14-15(7)4-8-11-5-18-13-8/h1-3,5H,4H2,(H,16,17). The lowest BCUT2D eigenvalue weighted by molar-refractivity contribution is 0.0699. The van der Waals surface area contributed by atoms with Crippen molar-refractivity contribution in [1.29, 1.82) is 0 Å². The molecule has 0 aliphatic carbocycles. The number of carboxylic acids is 1. The summed E-state index contributed by atoms with van der Waals surface area (Å²) in [5.74, 6) is -0.588. The van der Waals surface area contributed by atoms with Crippen LogP contribution in [0.25, 0.3) is 11.0 Å². The van der Waals surface area contributed by atoms with Crippen LogP contribution in [0.5, 0.6) is 0 Å². The SMILES string of the molecule is O=C(O)c1cccc2c1nnn2Cc1ncon1. The molecule has 1 aromatic carbocycles. The van der Waals surface area contributed by atoms with E-state index in [0.717, 1.165) is 0 Å². The Kier molecular flexibility index (Phi) is 2.26. The van der Waals surface area contributed by atoms with Crippen LogP contribution in [0.2, 0.25) is 0 Å². The molecule has 0 aliphatic rings. The van der Waals surface area contributed by atoms with Gasteiger partial charge in [-0.1, -0.05) is 16.4 Å². The van der Waals surface area contributed by atoms with Crippen LogP contribution in [0.4, 0.5) is 0 Å². The van der Waals surface area contributed by atoms with Gasteiger partial charge in [0, 0.05) is 0 Å². The molecular formula is C10H7N5O3. The summed E-state index contributed by atoms with van der Waals surface area (Å²) in [4.78, 5) is 14.9. The first-order chi connectivity index (χ1) is 8.75. The molecule has 0 saturated heterocycles. The molecule has 2 heterocycles. The van der Waals surface area contributed by atoms with Gasteiger partial charge in [-0.2, -0.15) is 4.98 Å². The van der Waals surface area contributed by atoms with E-state index in [1.54, 1.807) is 12.1 Å². The first kappa shape index (κ1) is 10.4. The average Bonchev–Trinajstić information content (AvgIpc) is 2.99. The highest BCUT2D eigenvalue weighted by Crippen LogP contribution is 2.16. The number of aromatic nitrogens is 5. The number of nitrogens with zero attached hydrogens (tertiary/aromatic N) is 5. The predicted octanol–water partition coefficient (Wildman–Crippen LogP) is 0.561. The summed E-state index contributed by atoms with van der Waals surface area (Å²) in [6, 6.07) is 4.86. The minimum atomic E-state index is -1.03. The van der Waals surface area contributed by atoms with Gasteiger partial charge in [-0.25, -0.2) is 9.48 Å². The fourth-order valence-corrected chi connectivity index (χ4v) is 1.68. The number of hydrogen-bond donors (Lipinski definition) is 1. The number of carbonyl (C=O) groups is 1. The molecule has 0 spiro atoms. The second-order valence-corrected chi connectivity index (χ2v) is 3.57. The van der Waals surface area contributed by atoms with E-state index in [1.165, 1.54) is 17.1 Å². The van der Waals surface area contributed by atoms with Crippen LogP contribution in [0, 0.1) is 0 Å². The van der Waals surface area contributed by atoms with Gasteiger partial charge in [0.1, 0.15) is 12.1 Å². The third-order valence-corrected chi connectivity index (χ3v) is 2.47. The Bertz CT molecular complexity index is 703. The summed E-state index contributed by atoms with van der Waals surface area (Å²) in [5, 5.41) is 20.5. The Morgan fingerprint density at radius 1 is 1.44 bits per heavy atom. The van der Waals surface area contributed by atoms with Crippen LogP contribution in [0.1, 0.15) is 16.2 Å². The smallest absolute Gasteiger partial charge is 0.338 e. The van der Waals surface area contributed by atoms with E-state index < -0.39 is 5.97 Å². The molecule has 0 saturated carbocycles. The van der Waals surface area contributed by atoms with Crippen molar-refractivity contribution in [2.75, 3.05) is 0 Å². The van der Waals surface area contributed by atoms with Crippen molar-refractivity contribution in [1.82, 2.24) is 25.1 Å². The van der Waals surface area contributed by atoms with Gasteiger partial charge < -0.3 is 9.63 Å². The number of fused-ring (bicyclic) bond motifs is 1. The molecule has 90 valence electrons. The lowest BCUT2D eigenvalue weighted by atomic mass is 10.2. The van der Waals surface area contributed by atoms with Gasteiger partial charge in [-0.05, 0) is 12.1 Å². The lowest BCUT2D eigenvalue weighted by Gasteiger charge is -1.98. The number of hydrogen-bond acceptors (Lipinski definition) is 6. The fraction of sp³-hybridized carbons (Fsp3) is 0.100. The molecule has 0 fully saturated rings. The Hall–Kier alpha value is -2.77. The van der Waals surface area contributed by atoms with Crippen LogP contribution in [0.3, 0.4) is 0 Å². The number of benzene rings is 1. The van der Waals surface area contributed by atoms with Crippen LogP contribution in [0.15, 0.2) is 29.1 Å². The zero-order valence-electron chi connectivity index (χ0n) is 9.02. The summed E-state index contributed by atoms with van der Waals surface area (Å²) in [6.07, 6.45) is 1.22. The van der Waals surface area contributed by atoms with Gasteiger partial charge >= 0.3 is 5.97 Å². The van der Waals surface area contributed by atoms with Crippen molar-refractivity contribution in [3.63, 3.8) is 0 Å². The van der Waals surface area contributed by atoms with Gasteiger partial charge in [-0.15, -0.1) is 5.10 Å². The molecule has 8 heteroatoms. The van der Waals surface area contributed by atoms with Crippen molar-refractivity contribution >= 4 is 17.0 Å². The van der Waals surface area contributed by atoms with Crippen LogP contribution >= 0.6 is 0 Å². The summed E-state index contributed by atoms with van der Waals surface area (Å²) in [6.45, 7) is 0.274. The number of aromatic carboxylic acids is 1. The summed E-state index contributed by atoms with van der Waals surface area (Å²) >= 11 is 0. The highest BCUT2D eigenvalue weighted by atomic mass is 16.5. The molecule has 18 heavy (non-hydrogen) atoms. The predicted molar refractivity (Wildman–Crippen MR) is 57.9 cm³/mol. The molecule has 2 aromatic heterocycles. The Morgan fingerprint density at radius 2 is 2.33 bits per heavy atom. The van der Waals surface area contributed by atoms with Gasteiger partial charge in [-0.3, -0.25) is 0 Å². The Morgan fingerprint density at radius 3 is 3.06 bits per heavy atom. The minimum absolute atomic E-state index is 0.117. The van der Waals surface area contributed by atoms with Crippen molar-refractivity contribution in [3.05, 3.63) is 36.0 Å². The summed E-state index contributed by atoms with van der Waals surface area (Å²) in [5.41, 5.74) is 1.07. The quantitative estimate of drug-likeness (QED) is 0.718. The Labute approximate surface area is 99.8 Å². The first-order valence-electron chi connectivity index (χ1n) is 5.06. The van der Waals surface area contributed by atoms with E-state index in [4.69, 9.17) is 5.11 Å². The topological polar surface area (TPSA) is 107 Å². The lowest BCUT2D eigenvalue weighted by Crippen LogP contribution is -2.03. The molecule has 3 aromatic rings. The molecule has 0 atom stereocenters. The van der Waals surface area contributed by atoms with Gasteiger partial charge in [0.2, 0.25) is 6.39 Å². The van der Waals surface area contributed by atoms with Gasteiger partial charge in [0.05, 0.1) is 11.1 Å². The van der Waals surface area contributed by atoms with Crippen molar-refractivity contribution in [2.45, 2.75) is 6.54 Å². The maximum atomic E-state index is 11.0. The zero-order chi connectivity index (χ0) is 12.5. The largest absolute Gasteiger partial charge is 0.478 e. The van der Waals surface area contributed by atoms with Gasteiger partial charge in [0.15, 0.2) is 5.82 Å². The maximum absolute atomic E-state index is 11.0. The molecule has 0 aliphatic heterocycles. The monoisotopic (exact) mass is 245 g/mol. The normalized spacial score (nSPS) is 10.9. The molecule has 0 radical (unpaired) electrons. The maximum Gasteiger partial charge on any atom is 0.338 e. The first-order valence-corrected chi connectivity index (χ1v) is 5.06. The second kappa shape index (κ2) is 3.91. The molecule has 0 amide bonds. The number of rotatable bonds is 3. The van der Waals surface area contributed by atoms with E-state index in [9.17, 15) is 4.79 Å². The van der Waals surface area contributed by atoms with Crippen molar-refractivity contribution in [2.24, 2.45) is 0 Å². The molecule has 3 rings (SSSR count). The van der Waals surface area contributed by atoms with Crippen LogP contribution in [-0.2, 0) is 6.54 Å². The third kappa shape index (κ3) is 1.59. The highest BCUT2D eigenvalue weighted by Gasteiger charge is 2.14. The van der Waals surface area contributed by atoms with Gasteiger partial charge in [0.25, 0.3) is 0 Å². The molecule has 8 nitrogen and oxygen atoms in total. The molecule has 0 bridgehead atoms. The third-order valence-electron chi connectivity index (χ3n) is 2.47. The van der Waals surface area contributed by atoms with Crippen molar-refractivity contribution in [3.8, 4) is 0 Å². The fourth-order valence-electron chi connectivity index (χ4n) is 1.68. The van der Waals surface area contributed by atoms with Crippen LogP contribution in [-0.4, -0.2) is 36.2 Å². The van der Waals surface area contributed by atoms with E-state index in [0.29, 0.717) is 16.9 Å². The number of carboxylic acid groups (broad SMARTS) is 1. The van der Waals surface area contributed by atoms with Crippen LogP contribution < -0.4 is 0 Å². The average molecular weight is 245 g/mol. The van der Waals surface area contributed by atoms with E-state index in [1.807, 2.05) is 0 Å². The van der Waals surface area contributed by atoms with E-state index in [2.05, 4.69) is 25.0 Å². The molecule has 0 unspecified atom stereocenters.